The number of unbranched alkanes of at least 4 members (excludes halogenated alkanes) is 7. The molecule has 0 unspecified atom stereocenters. The molecule has 0 rings (SSSR count). The molecule has 0 N–H and O–H groups in total. The monoisotopic (exact) mass is 626 g/mol. The number of ether oxygens (including phenoxy) is 9. The molecule has 0 aromatic rings. The number of rotatable bonds is 37. The fraction of sp³-hybridized carbons (Fsp3) is 1.00. The second-order valence-corrected chi connectivity index (χ2v) is 15.5. The second kappa shape index (κ2) is 35.3. The van der Waals surface area contributed by atoms with Gasteiger partial charge in [0.1, 0.15) is 0 Å². The summed E-state index contributed by atoms with van der Waals surface area (Å²) in [4.78, 5) is 0. The van der Waals surface area contributed by atoms with Crippen LogP contribution in [0.1, 0.15) is 58.3 Å². The maximum Gasteiger partial charge on any atom is 0.183 e. The van der Waals surface area contributed by atoms with Gasteiger partial charge in [0.2, 0.25) is 0 Å². The van der Waals surface area contributed by atoms with Crippen molar-refractivity contribution < 1.29 is 47.1 Å². The van der Waals surface area contributed by atoms with Gasteiger partial charge in [-0.1, -0.05) is 51.9 Å². The van der Waals surface area contributed by atoms with E-state index in [2.05, 4.69) is 26.6 Å². The van der Waals surface area contributed by atoms with Gasteiger partial charge in [-0.25, -0.2) is 0 Å². The minimum absolute atomic E-state index is 0.534. The quantitative estimate of drug-likeness (QED) is 0.0683. The van der Waals surface area contributed by atoms with Crippen LogP contribution in [0.15, 0.2) is 0 Å². The Morgan fingerprint density at radius 3 is 0.810 bits per heavy atom. The summed E-state index contributed by atoms with van der Waals surface area (Å²) in [5.74, 6) is 0. The third kappa shape index (κ3) is 39.8. The molecule has 0 bridgehead atoms. The molecule has 0 atom stereocenters. The molecule has 0 aromatic carbocycles. The highest BCUT2D eigenvalue weighted by molar-refractivity contribution is 6.69. The summed E-state index contributed by atoms with van der Waals surface area (Å²) < 4.78 is 55.3. The van der Waals surface area contributed by atoms with E-state index in [1.807, 2.05) is 0 Å². The van der Waals surface area contributed by atoms with E-state index in [4.69, 9.17) is 47.1 Å². The lowest BCUT2D eigenvalue weighted by Gasteiger charge is -2.16. The zero-order chi connectivity index (χ0) is 30.7. The van der Waals surface area contributed by atoms with E-state index in [-0.39, 0.29) is 0 Å². The third-order valence-electron chi connectivity index (χ3n) is 5.88. The number of hydrogen-bond donors (Lipinski definition) is 0. The van der Waals surface area contributed by atoms with Crippen LogP contribution in [0.2, 0.25) is 19.6 Å². The van der Waals surface area contributed by atoms with Gasteiger partial charge in [-0.3, -0.25) is 0 Å². The average molecular weight is 627 g/mol. The van der Waals surface area contributed by atoms with Crippen LogP contribution >= 0.6 is 0 Å². The molecule has 0 aliphatic heterocycles. The fourth-order valence-corrected chi connectivity index (χ4v) is 4.30. The van der Waals surface area contributed by atoms with Crippen molar-refractivity contribution in [3.63, 3.8) is 0 Å². The van der Waals surface area contributed by atoms with Crippen LogP contribution in [0.5, 0.6) is 0 Å². The molecule has 0 amide bonds. The predicted octanol–water partition coefficient (Wildman–Crippen LogP) is 5.13. The Morgan fingerprint density at radius 2 is 0.524 bits per heavy atom. The van der Waals surface area contributed by atoms with Gasteiger partial charge in [-0.05, 0) is 26.1 Å². The van der Waals surface area contributed by atoms with Crippen molar-refractivity contribution in [3.05, 3.63) is 0 Å². The average Bonchev–Trinajstić information content (AvgIpc) is 2.96. The van der Waals surface area contributed by atoms with Crippen molar-refractivity contribution in [1.29, 1.82) is 0 Å². The summed E-state index contributed by atoms with van der Waals surface area (Å²) in [7, 11) is -1.44. The lowest BCUT2D eigenvalue weighted by molar-refractivity contribution is -0.0254. The first-order chi connectivity index (χ1) is 20.6. The highest BCUT2D eigenvalue weighted by Gasteiger charge is 2.13. The molecule has 0 saturated carbocycles. The summed E-state index contributed by atoms with van der Waals surface area (Å²) in [5, 5.41) is 0. The molecule has 0 radical (unpaired) electrons. The fourth-order valence-electron chi connectivity index (χ4n) is 3.61. The molecule has 0 aliphatic rings. The molecule has 0 heterocycles. The molecular formula is C31H66O10Si. The van der Waals surface area contributed by atoms with E-state index in [9.17, 15) is 0 Å². The predicted molar refractivity (Wildman–Crippen MR) is 169 cm³/mol. The third-order valence-corrected chi connectivity index (χ3v) is 6.95. The van der Waals surface area contributed by atoms with Gasteiger partial charge in [0, 0.05) is 6.61 Å². The zero-order valence-electron chi connectivity index (χ0n) is 27.7. The van der Waals surface area contributed by atoms with Crippen molar-refractivity contribution in [2.75, 3.05) is 126 Å². The topological polar surface area (TPSA) is 92.3 Å². The summed E-state index contributed by atoms with van der Waals surface area (Å²) in [6.45, 7) is 19.8. The molecule has 0 fully saturated rings. The molecule has 0 saturated heterocycles. The van der Waals surface area contributed by atoms with E-state index < -0.39 is 8.32 Å². The van der Waals surface area contributed by atoms with E-state index >= 15 is 0 Å². The second-order valence-electron chi connectivity index (χ2n) is 10.9. The molecule has 254 valence electrons. The SMILES string of the molecule is CCCCCCCCCCOCCOCCOCCOCCOCCOCCOCCOCCOCCO[Si](C)(C)C. The van der Waals surface area contributed by atoms with Crippen LogP contribution in [-0.2, 0) is 47.1 Å². The van der Waals surface area contributed by atoms with Gasteiger partial charge >= 0.3 is 0 Å². The first-order valence-electron chi connectivity index (χ1n) is 16.4. The minimum Gasteiger partial charge on any atom is -0.415 e. The first kappa shape index (κ1) is 41.8. The smallest absolute Gasteiger partial charge is 0.183 e. The Balaban J connectivity index is 3.04. The Labute approximate surface area is 258 Å². The Hall–Kier alpha value is -0.183. The van der Waals surface area contributed by atoms with Crippen molar-refractivity contribution in [1.82, 2.24) is 0 Å². The van der Waals surface area contributed by atoms with E-state index in [0.717, 1.165) is 13.0 Å². The van der Waals surface area contributed by atoms with Crippen molar-refractivity contribution in [2.45, 2.75) is 77.9 Å². The number of hydrogen-bond acceptors (Lipinski definition) is 10. The highest BCUT2D eigenvalue weighted by Crippen LogP contribution is 2.08. The Kier molecular flexibility index (Phi) is 35.1. The zero-order valence-corrected chi connectivity index (χ0v) is 28.7. The Bertz CT molecular complexity index is 497. The van der Waals surface area contributed by atoms with E-state index in [1.54, 1.807) is 0 Å². The summed E-state index contributed by atoms with van der Waals surface area (Å²) in [6.07, 6.45) is 10.6. The largest absolute Gasteiger partial charge is 0.415 e. The lowest BCUT2D eigenvalue weighted by atomic mass is 10.1. The van der Waals surface area contributed by atoms with Gasteiger partial charge in [0.25, 0.3) is 0 Å². The van der Waals surface area contributed by atoms with E-state index in [0.29, 0.717) is 119 Å². The summed E-state index contributed by atoms with van der Waals surface area (Å²) in [5.41, 5.74) is 0. The molecular weight excluding hydrogens is 560 g/mol. The van der Waals surface area contributed by atoms with Gasteiger partial charge in [0.15, 0.2) is 8.32 Å². The molecule has 42 heavy (non-hydrogen) atoms. The van der Waals surface area contributed by atoms with Crippen LogP contribution in [0.25, 0.3) is 0 Å². The van der Waals surface area contributed by atoms with Gasteiger partial charge < -0.3 is 47.1 Å². The molecule has 0 aromatic heterocycles. The molecule has 10 nitrogen and oxygen atoms in total. The molecule has 0 spiro atoms. The highest BCUT2D eigenvalue weighted by atomic mass is 28.4. The van der Waals surface area contributed by atoms with Crippen LogP contribution in [0.3, 0.4) is 0 Å². The first-order valence-corrected chi connectivity index (χ1v) is 19.8. The summed E-state index contributed by atoms with van der Waals surface area (Å²) in [6, 6.07) is 0. The van der Waals surface area contributed by atoms with Crippen LogP contribution in [0, 0.1) is 0 Å². The normalized spacial score (nSPS) is 12.0. The molecule has 0 aliphatic carbocycles. The maximum atomic E-state index is 5.72. The van der Waals surface area contributed by atoms with Crippen molar-refractivity contribution >= 4 is 8.32 Å². The summed E-state index contributed by atoms with van der Waals surface area (Å²) >= 11 is 0. The van der Waals surface area contributed by atoms with Gasteiger partial charge in [-0.15, -0.1) is 0 Å². The van der Waals surface area contributed by atoms with Crippen LogP contribution in [0.4, 0.5) is 0 Å². The molecule has 11 heteroatoms. The van der Waals surface area contributed by atoms with Gasteiger partial charge in [0.05, 0.1) is 119 Å². The standard InChI is InChI=1S/C31H66O10Si/c1-5-6-7-8-9-10-11-12-13-32-14-15-33-16-17-34-18-19-35-20-21-36-22-23-37-24-25-38-26-27-39-28-29-40-30-31-41-42(2,3)4/h5-31H2,1-4H3. The Morgan fingerprint density at radius 1 is 0.286 bits per heavy atom. The van der Waals surface area contributed by atoms with Crippen LogP contribution in [-0.4, -0.2) is 134 Å². The van der Waals surface area contributed by atoms with Crippen molar-refractivity contribution in [2.24, 2.45) is 0 Å². The van der Waals surface area contributed by atoms with Crippen LogP contribution < -0.4 is 0 Å². The van der Waals surface area contributed by atoms with Gasteiger partial charge in [-0.2, -0.15) is 0 Å². The maximum absolute atomic E-state index is 5.72. The van der Waals surface area contributed by atoms with E-state index in [1.165, 1.54) is 44.9 Å². The van der Waals surface area contributed by atoms with Crippen molar-refractivity contribution in [3.8, 4) is 0 Å². The minimum atomic E-state index is -1.44. The lowest BCUT2D eigenvalue weighted by Crippen LogP contribution is -2.27.